The van der Waals surface area contributed by atoms with Crippen LogP contribution < -0.4 is 10.2 Å². The maximum atomic E-state index is 12.8. The molecular weight excluding hydrogens is 396 g/mol. The minimum Gasteiger partial charge on any atom is -0.442 e. The van der Waals surface area contributed by atoms with E-state index in [9.17, 15) is 14.4 Å². The van der Waals surface area contributed by atoms with E-state index in [1.165, 1.54) is 12.5 Å². The molecule has 3 fully saturated rings. The third kappa shape index (κ3) is 3.52. The maximum absolute atomic E-state index is 12.8. The van der Waals surface area contributed by atoms with Gasteiger partial charge >= 0.3 is 6.09 Å². The Morgan fingerprint density at radius 1 is 1.23 bits per heavy atom. The van der Waals surface area contributed by atoms with E-state index in [4.69, 9.17) is 4.74 Å². The molecule has 5 rings (SSSR count). The first-order chi connectivity index (χ1) is 15.0. The number of carbonyl (C=O) groups is 3. The number of pyridine rings is 1. The zero-order valence-electron chi connectivity index (χ0n) is 17.3. The fraction of sp³-hybridized carbons (Fsp3) is 0.391. The lowest BCUT2D eigenvalue weighted by atomic mass is 9.94. The lowest BCUT2D eigenvalue weighted by molar-refractivity contribution is -0.119. The van der Waals surface area contributed by atoms with E-state index < -0.39 is 6.09 Å². The van der Waals surface area contributed by atoms with Crippen molar-refractivity contribution in [2.75, 3.05) is 31.1 Å². The summed E-state index contributed by atoms with van der Waals surface area (Å²) in [6.45, 7) is 3.61. The van der Waals surface area contributed by atoms with Gasteiger partial charge in [0.25, 0.3) is 5.91 Å². The zero-order chi connectivity index (χ0) is 21.6. The van der Waals surface area contributed by atoms with E-state index in [2.05, 4.69) is 22.4 Å². The average Bonchev–Trinajstić information content (AvgIpc) is 3.15. The SMILES string of the molecule is CC(=O)NC[C@H]1CN(c2ccc(C34CC3CN(C(=O)c3cccnc3)C4)cc2)C(=O)O1. The molecule has 1 aromatic carbocycles. The summed E-state index contributed by atoms with van der Waals surface area (Å²) in [5.74, 6) is 0.351. The van der Waals surface area contributed by atoms with E-state index in [1.807, 2.05) is 17.0 Å². The van der Waals surface area contributed by atoms with Gasteiger partial charge in [0.2, 0.25) is 5.91 Å². The first-order valence-electron chi connectivity index (χ1n) is 10.5. The lowest BCUT2D eigenvalue weighted by Gasteiger charge is -2.22. The molecule has 1 aliphatic carbocycles. The van der Waals surface area contributed by atoms with Gasteiger partial charge in [-0.1, -0.05) is 12.1 Å². The Bertz CT molecular complexity index is 1030. The smallest absolute Gasteiger partial charge is 0.414 e. The number of amides is 3. The molecule has 2 aromatic rings. The first kappa shape index (κ1) is 19.5. The number of carbonyl (C=O) groups excluding carboxylic acids is 3. The number of nitrogens with one attached hydrogen (secondary N) is 1. The first-order valence-corrected chi connectivity index (χ1v) is 10.5. The van der Waals surface area contributed by atoms with Gasteiger partial charge in [0.05, 0.1) is 18.7 Å². The highest BCUT2D eigenvalue weighted by Gasteiger charge is 2.61. The van der Waals surface area contributed by atoms with Crippen molar-refractivity contribution in [2.24, 2.45) is 5.92 Å². The Labute approximate surface area is 180 Å². The highest BCUT2D eigenvalue weighted by molar-refractivity contribution is 5.94. The number of likely N-dealkylation sites (tertiary alicyclic amines) is 1. The Morgan fingerprint density at radius 2 is 2.03 bits per heavy atom. The number of cyclic esters (lactones) is 1. The summed E-state index contributed by atoms with van der Waals surface area (Å²) < 4.78 is 5.34. The minimum atomic E-state index is -0.403. The van der Waals surface area contributed by atoms with Gasteiger partial charge < -0.3 is 15.0 Å². The maximum Gasteiger partial charge on any atom is 0.414 e. The molecule has 1 N–H and O–H groups in total. The molecule has 3 aliphatic rings. The summed E-state index contributed by atoms with van der Waals surface area (Å²) in [6, 6.07) is 11.6. The number of aromatic nitrogens is 1. The molecule has 8 heteroatoms. The largest absolute Gasteiger partial charge is 0.442 e. The van der Waals surface area contributed by atoms with Crippen LogP contribution in [0.2, 0.25) is 0 Å². The van der Waals surface area contributed by atoms with Crippen molar-refractivity contribution in [3.05, 3.63) is 59.9 Å². The van der Waals surface area contributed by atoms with E-state index in [0.29, 0.717) is 31.1 Å². The number of hydrogen-bond donors (Lipinski definition) is 1. The number of rotatable bonds is 5. The van der Waals surface area contributed by atoms with Crippen LogP contribution in [-0.2, 0) is 14.9 Å². The normalized spacial score (nSPS) is 26.4. The Hall–Kier alpha value is -3.42. The Morgan fingerprint density at radius 3 is 2.74 bits per heavy atom. The van der Waals surface area contributed by atoms with Crippen molar-refractivity contribution >= 4 is 23.6 Å². The average molecular weight is 420 g/mol. The number of piperidine rings is 1. The summed E-state index contributed by atoms with van der Waals surface area (Å²) in [7, 11) is 0. The molecule has 2 unspecified atom stereocenters. The fourth-order valence-electron chi connectivity index (χ4n) is 4.83. The van der Waals surface area contributed by atoms with Gasteiger partial charge in [0.1, 0.15) is 6.10 Å². The molecule has 0 spiro atoms. The number of anilines is 1. The van der Waals surface area contributed by atoms with Gasteiger partial charge in [-0.25, -0.2) is 4.79 Å². The van der Waals surface area contributed by atoms with Crippen LogP contribution in [0, 0.1) is 5.92 Å². The van der Waals surface area contributed by atoms with Crippen LogP contribution in [0.4, 0.5) is 10.5 Å². The van der Waals surface area contributed by atoms with Crippen molar-refractivity contribution in [1.82, 2.24) is 15.2 Å². The third-order valence-electron chi connectivity index (χ3n) is 6.55. The second-order valence-corrected chi connectivity index (χ2v) is 8.58. The monoisotopic (exact) mass is 420 g/mol. The van der Waals surface area contributed by atoms with Gasteiger partial charge in [0, 0.05) is 43.5 Å². The second kappa shape index (κ2) is 7.37. The molecule has 1 aromatic heterocycles. The summed E-state index contributed by atoms with van der Waals surface area (Å²) in [6.07, 6.45) is 3.60. The van der Waals surface area contributed by atoms with Gasteiger partial charge in [-0.3, -0.25) is 19.5 Å². The number of nitrogens with zero attached hydrogens (tertiary/aromatic N) is 3. The number of benzene rings is 1. The number of hydrogen-bond acceptors (Lipinski definition) is 5. The predicted molar refractivity (Wildman–Crippen MR) is 113 cm³/mol. The highest BCUT2D eigenvalue weighted by Crippen LogP contribution is 2.59. The predicted octanol–water partition coefficient (Wildman–Crippen LogP) is 1.96. The van der Waals surface area contributed by atoms with E-state index >= 15 is 0 Å². The quantitative estimate of drug-likeness (QED) is 0.798. The van der Waals surface area contributed by atoms with Crippen molar-refractivity contribution in [2.45, 2.75) is 24.9 Å². The van der Waals surface area contributed by atoms with Crippen LogP contribution in [0.3, 0.4) is 0 Å². The molecular formula is C23H24N4O4. The van der Waals surface area contributed by atoms with E-state index in [-0.39, 0.29) is 23.3 Å². The lowest BCUT2D eigenvalue weighted by Crippen LogP contribution is -2.33. The number of fused-ring (bicyclic) bond motifs is 1. The summed E-state index contributed by atoms with van der Waals surface area (Å²) in [4.78, 5) is 43.7. The molecule has 3 heterocycles. The van der Waals surface area contributed by atoms with Gasteiger partial charge in [-0.15, -0.1) is 0 Å². The summed E-state index contributed by atoms with van der Waals surface area (Å²) in [5.41, 5.74) is 2.60. The fourth-order valence-corrected chi connectivity index (χ4v) is 4.83. The van der Waals surface area contributed by atoms with Crippen LogP contribution in [0.1, 0.15) is 29.3 Å². The number of ether oxygens (including phenoxy) is 1. The van der Waals surface area contributed by atoms with E-state index in [1.54, 1.807) is 29.4 Å². The van der Waals surface area contributed by atoms with Gasteiger partial charge in [-0.05, 0) is 42.2 Å². The zero-order valence-corrected chi connectivity index (χ0v) is 17.3. The van der Waals surface area contributed by atoms with Crippen molar-refractivity contribution in [3.63, 3.8) is 0 Å². The third-order valence-corrected chi connectivity index (χ3v) is 6.55. The van der Waals surface area contributed by atoms with Crippen LogP contribution >= 0.6 is 0 Å². The Kier molecular flexibility index (Phi) is 4.64. The molecule has 2 aliphatic heterocycles. The highest BCUT2D eigenvalue weighted by atomic mass is 16.6. The standard InChI is InChI=1S/C23H24N4O4/c1-15(28)25-11-20-13-27(22(30)31-20)19-6-4-17(5-7-19)23-9-18(23)12-26(14-23)21(29)16-3-2-8-24-10-16/h2-8,10,18,20H,9,11-14H2,1H3,(H,25,28)/t18?,20-,23?/m0/s1. The van der Waals surface area contributed by atoms with Crippen molar-refractivity contribution in [1.29, 1.82) is 0 Å². The minimum absolute atomic E-state index is 0.00978. The topological polar surface area (TPSA) is 91.8 Å². The second-order valence-electron chi connectivity index (χ2n) is 8.58. The molecule has 3 atom stereocenters. The van der Waals surface area contributed by atoms with Crippen LogP contribution in [0.25, 0.3) is 0 Å². The van der Waals surface area contributed by atoms with Crippen LogP contribution in [0.15, 0.2) is 48.8 Å². The summed E-state index contributed by atoms with van der Waals surface area (Å²) in [5, 5.41) is 2.68. The van der Waals surface area contributed by atoms with Crippen molar-refractivity contribution < 1.29 is 19.1 Å². The molecule has 3 amide bonds. The molecule has 8 nitrogen and oxygen atoms in total. The molecule has 1 saturated carbocycles. The molecule has 160 valence electrons. The van der Waals surface area contributed by atoms with Crippen LogP contribution in [0.5, 0.6) is 0 Å². The van der Waals surface area contributed by atoms with E-state index in [0.717, 1.165) is 18.7 Å². The van der Waals surface area contributed by atoms with Gasteiger partial charge in [0.15, 0.2) is 0 Å². The Balaban J connectivity index is 1.25. The summed E-state index contributed by atoms with van der Waals surface area (Å²) >= 11 is 0. The molecule has 2 saturated heterocycles. The molecule has 0 radical (unpaired) electrons. The molecule has 0 bridgehead atoms. The van der Waals surface area contributed by atoms with Gasteiger partial charge in [-0.2, -0.15) is 0 Å². The van der Waals surface area contributed by atoms with Crippen molar-refractivity contribution in [3.8, 4) is 0 Å². The molecule has 31 heavy (non-hydrogen) atoms. The van der Waals surface area contributed by atoms with Crippen LogP contribution in [-0.4, -0.2) is 60.1 Å².